The fraction of sp³-hybridized carbons (Fsp3) is 0.750. The van der Waals surface area contributed by atoms with Gasteiger partial charge in [0.1, 0.15) is 36.3 Å². The minimum absolute atomic E-state index is 0.115. The molecule has 0 aromatic rings. The summed E-state index contributed by atoms with van der Waals surface area (Å²) in [6.07, 6.45) is -9.24. The van der Waals surface area contributed by atoms with Gasteiger partial charge in [-0.1, -0.05) is 6.42 Å². The minimum Gasteiger partial charge on any atom is -0.481 e. The van der Waals surface area contributed by atoms with Gasteiger partial charge in [-0.05, 0) is 25.0 Å². The Labute approximate surface area is 343 Å². The van der Waals surface area contributed by atoms with Crippen LogP contribution in [0.4, 0.5) is 0 Å². The van der Waals surface area contributed by atoms with Gasteiger partial charge in [-0.3, -0.25) is 43.2 Å². The van der Waals surface area contributed by atoms with Crippen LogP contribution in [-0.4, -0.2) is 143 Å². The Bertz CT molecular complexity index is 1470. The Morgan fingerprint density at radius 2 is 0.879 bits per heavy atom. The zero-order valence-corrected chi connectivity index (χ0v) is 35.2. The van der Waals surface area contributed by atoms with Gasteiger partial charge in [0.05, 0.1) is 0 Å². The van der Waals surface area contributed by atoms with Crippen LogP contribution in [0.2, 0.25) is 0 Å². The summed E-state index contributed by atoms with van der Waals surface area (Å²) in [6.45, 7) is 8.11. The molecule has 0 amide bonds. The molecule has 0 aromatic heterocycles. The number of rotatable bonds is 21. The highest BCUT2D eigenvalue weighted by molar-refractivity contribution is 8.01. The molecule has 0 aliphatic carbocycles. The van der Waals surface area contributed by atoms with Crippen LogP contribution in [0.25, 0.3) is 0 Å². The van der Waals surface area contributed by atoms with Gasteiger partial charge in [0.15, 0.2) is 36.6 Å². The minimum atomic E-state index is -1.41. The second-order valence-electron chi connectivity index (χ2n) is 13.2. The molecule has 1 N–H and O–H groups in total. The number of unbranched alkanes of at least 4 members (excludes halogenated alkanes) is 1. The molecular weight excluding hydrogens is 817 g/mol. The van der Waals surface area contributed by atoms with Gasteiger partial charge in [-0.2, -0.15) is 0 Å². The number of esters is 8. The molecule has 22 heteroatoms. The van der Waals surface area contributed by atoms with E-state index in [2.05, 4.69) is 0 Å². The molecule has 0 radical (unpaired) electrons. The van der Waals surface area contributed by atoms with Crippen molar-refractivity contribution >= 4 is 77.2 Å². The molecule has 0 saturated carbocycles. The number of ether oxygens (including phenoxy) is 10. The standard InChI is InChI=1S/C36H52O20S2/c1-17(37)47-15-26-29(49-19(3)39)31(51-21(5)41)33(53-23(7)43)35(55-26)57-14-13-25(11-9-10-12-28(45)46)58-36-34(54-24(8)44)32(52-22(6)42)30(50-20(4)40)27(56-36)16-48-18(2)38/h25-27,29-36H,9-16H2,1-8H3,(H,45,46)/t25?,26-,27-,29-,30-,31?,32?,33-,34-,35+,36+/m1/s1. The van der Waals surface area contributed by atoms with E-state index in [0.717, 1.165) is 78.9 Å². The van der Waals surface area contributed by atoms with E-state index in [4.69, 9.17) is 47.4 Å². The number of carbonyl (C=O) groups excluding carboxylic acids is 8. The Kier molecular flexibility index (Phi) is 21.3. The summed E-state index contributed by atoms with van der Waals surface area (Å²) in [7, 11) is 0. The number of aliphatic carboxylic acids is 1. The van der Waals surface area contributed by atoms with E-state index in [-0.39, 0.29) is 12.2 Å². The molecular formula is C36H52O20S2. The summed E-state index contributed by atoms with van der Waals surface area (Å²) < 4.78 is 56.0. The highest BCUT2D eigenvalue weighted by atomic mass is 32.2. The number of carboxylic acid groups (broad SMARTS) is 1. The highest BCUT2D eigenvalue weighted by Crippen LogP contribution is 2.40. The summed E-state index contributed by atoms with van der Waals surface area (Å²) in [5, 5.41) is 8.82. The molecule has 0 aromatic carbocycles. The van der Waals surface area contributed by atoms with E-state index in [9.17, 15) is 48.3 Å². The molecule has 0 bridgehead atoms. The molecule has 11 atom stereocenters. The third-order valence-electron chi connectivity index (χ3n) is 8.11. The largest absolute Gasteiger partial charge is 0.481 e. The van der Waals surface area contributed by atoms with Crippen LogP contribution in [0.5, 0.6) is 0 Å². The van der Waals surface area contributed by atoms with E-state index in [1.54, 1.807) is 0 Å². The molecule has 2 aliphatic rings. The van der Waals surface area contributed by atoms with Crippen LogP contribution in [-0.2, 0) is 90.5 Å². The van der Waals surface area contributed by atoms with Gasteiger partial charge in [-0.15, -0.1) is 23.5 Å². The van der Waals surface area contributed by atoms with Gasteiger partial charge in [0.2, 0.25) is 0 Å². The lowest BCUT2D eigenvalue weighted by molar-refractivity contribution is -0.237. The first-order chi connectivity index (χ1) is 27.2. The van der Waals surface area contributed by atoms with E-state index in [1.165, 1.54) is 0 Å². The van der Waals surface area contributed by atoms with Crippen molar-refractivity contribution in [3.05, 3.63) is 0 Å². The Morgan fingerprint density at radius 1 is 0.500 bits per heavy atom. The normalized spacial score (nSPS) is 27.1. The first-order valence-corrected chi connectivity index (χ1v) is 20.3. The third kappa shape index (κ3) is 17.8. The van der Waals surface area contributed by atoms with Crippen LogP contribution < -0.4 is 0 Å². The average molecular weight is 869 g/mol. The Balaban J connectivity index is 2.52. The maximum absolute atomic E-state index is 12.4. The summed E-state index contributed by atoms with van der Waals surface area (Å²) in [5.41, 5.74) is -2.20. The molecule has 58 heavy (non-hydrogen) atoms. The zero-order chi connectivity index (χ0) is 43.7. The van der Waals surface area contributed by atoms with Crippen molar-refractivity contribution in [3.63, 3.8) is 0 Å². The van der Waals surface area contributed by atoms with Gasteiger partial charge in [0.25, 0.3) is 0 Å². The smallest absolute Gasteiger partial charge is 0.303 e. The van der Waals surface area contributed by atoms with E-state index in [1.807, 2.05) is 0 Å². The van der Waals surface area contributed by atoms with Crippen molar-refractivity contribution < 1.29 is 95.6 Å². The van der Waals surface area contributed by atoms with Crippen LogP contribution >= 0.6 is 23.5 Å². The summed E-state index contributed by atoms with van der Waals surface area (Å²) in [5.74, 6) is -6.86. The van der Waals surface area contributed by atoms with Gasteiger partial charge in [0, 0.05) is 67.1 Å². The first kappa shape index (κ1) is 50.0. The summed E-state index contributed by atoms with van der Waals surface area (Å²) in [4.78, 5) is 108. The van der Waals surface area contributed by atoms with Gasteiger partial charge in [-0.25, -0.2) is 0 Å². The molecule has 20 nitrogen and oxygen atoms in total. The molecule has 3 unspecified atom stereocenters. The molecule has 328 valence electrons. The Hall–Kier alpha value is -4.15. The quantitative estimate of drug-likeness (QED) is 0.0982. The number of carbonyl (C=O) groups is 9. The van der Waals surface area contributed by atoms with E-state index < -0.39 is 132 Å². The molecule has 2 heterocycles. The third-order valence-corrected chi connectivity index (χ3v) is 10.8. The van der Waals surface area contributed by atoms with Gasteiger partial charge >= 0.3 is 53.7 Å². The molecule has 2 fully saturated rings. The highest BCUT2D eigenvalue weighted by Gasteiger charge is 2.54. The zero-order valence-electron chi connectivity index (χ0n) is 33.5. The van der Waals surface area contributed by atoms with E-state index >= 15 is 0 Å². The van der Waals surface area contributed by atoms with Crippen molar-refractivity contribution in [2.45, 2.75) is 152 Å². The number of hydrogen-bond donors (Lipinski definition) is 1. The first-order valence-electron chi connectivity index (χ1n) is 18.3. The van der Waals surface area contributed by atoms with Gasteiger partial charge < -0.3 is 52.5 Å². The molecule has 2 rings (SSSR count). The second kappa shape index (κ2) is 24.7. The number of hydrogen-bond acceptors (Lipinski definition) is 21. The topological polar surface area (TPSA) is 266 Å². The number of carboxylic acids is 1. The van der Waals surface area contributed by atoms with Crippen LogP contribution in [0, 0.1) is 0 Å². The average Bonchev–Trinajstić information content (AvgIpc) is 3.08. The monoisotopic (exact) mass is 868 g/mol. The van der Waals surface area contributed by atoms with Crippen molar-refractivity contribution in [2.75, 3.05) is 19.0 Å². The van der Waals surface area contributed by atoms with Crippen molar-refractivity contribution in [1.29, 1.82) is 0 Å². The molecule has 0 spiro atoms. The van der Waals surface area contributed by atoms with Crippen molar-refractivity contribution in [3.8, 4) is 0 Å². The predicted octanol–water partition coefficient (Wildman–Crippen LogP) is 2.02. The Morgan fingerprint density at radius 3 is 1.28 bits per heavy atom. The van der Waals surface area contributed by atoms with Crippen LogP contribution in [0.15, 0.2) is 0 Å². The SMILES string of the molecule is CC(=O)OC[C@H]1O[C@@H](SCCC(CCCCC(=O)O)S[C@@H]2O[C@H](COC(C)=O)[C@@H](OC(C)=O)C(OC(C)=O)[C@H]2OC(C)=O)[C@H](OC(C)=O)C(OC(C)=O)[C@@H]1OC(C)=O. The summed E-state index contributed by atoms with van der Waals surface area (Å²) >= 11 is 2.27. The number of thioether (sulfide) groups is 2. The van der Waals surface area contributed by atoms with E-state index in [0.29, 0.717) is 25.7 Å². The lowest BCUT2D eigenvalue weighted by Gasteiger charge is -2.45. The lowest BCUT2D eigenvalue weighted by Crippen LogP contribution is -2.61. The van der Waals surface area contributed by atoms with Crippen molar-refractivity contribution in [2.24, 2.45) is 0 Å². The fourth-order valence-corrected chi connectivity index (χ4v) is 8.99. The van der Waals surface area contributed by atoms with Crippen LogP contribution in [0.1, 0.15) is 87.5 Å². The van der Waals surface area contributed by atoms with Crippen LogP contribution in [0.3, 0.4) is 0 Å². The maximum atomic E-state index is 12.4. The van der Waals surface area contributed by atoms with Crippen molar-refractivity contribution in [1.82, 2.24) is 0 Å². The second-order valence-corrected chi connectivity index (χ2v) is 15.8. The molecule has 2 saturated heterocycles. The fourth-order valence-electron chi connectivity index (χ4n) is 6.06. The lowest BCUT2D eigenvalue weighted by atomic mass is 9.99. The summed E-state index contributed by atoms with van der Waals surface area (Å²) in [6, 6.07) is 0. The maximum Gasteiger partial charge on any atom is 0.303 e. The molecule has 2 aliphatic heterocycles. The predicted molar refractivity (Wildman–Crippen MR) is 198 cm³/mol.